The fourth-order valence-electron chi connectivity index (χ4n) is 6.33. The molecule has 35 heavy (non-hydrogen) atoms. The number of nitrogens with one attached hydrogen (secondary N) is 2. The van der Waals surface area contributed by atoms with Gasteiger partial charge in [0, 0.05) is 23.0 Å². The number of aliphatic hydroxyl groups excluding tert-OH is 1. The van der Waals surface area contributed by atoms with Crippen LogP contribution in [0.1, 0.15) is 24.9 Å². The summed E-state index contributed by atoms with van der Waals surface area (Å²) < 4.78 is -0.766. The molecule has 0 radical (unpaired) electrons. The summed E-state index contributed by atoms with van der Waals surface area (Å²) in [5.74, 6) is -1.86. The minimum absolute atomic E-state index is 0.0313. The zero-order valence-corrected chi connectivity index (χ0v) is 21.1. The van der Waals surface area contributed by atoms with Crippen LogP contribution >= 0.6 is 23.4 Å². The quantitative estimate of drug-likeness (QED) is 0.551. The van der Waals surface area contributed by atoms with Gasteiger partial charge in [-0.1, -0.05) is 48.9 Å². The number of carbonyl (C=O) groups excluding carboxylic acids is 3. The normalized spacial score (nSPS) is 31.8. The third kappa shape index (κ3) is 3.65. The SMILES string of the molecule is CNC(=O)[C@@H]1[C@H]2C(=O)N([C@H](CO)c3ccccc3)C(C(=O)Nc3ccc(Cl)cc3)C23S[C@@H]1CC3C. The van der Waals surface area contributed by atoms with Crippen LogP contribution in [0.4, 0.5) is 5.69 Å². The van der Waals surface area contributed by atoms with E-state index in [2.05, 4.69) is 17.6 Å². The van der Waals surface area contributed by atoms with Gasteiger partial charge in [0.05, 0.1) is 29.2 Å². The van der Waals surface area contributed by atoms with E-state index in [0.29, 0.717) is 10.7 Å². The number of amides is 3. The Hall–Kier alpha value is -2.55. The molecule has 0 aromatic heterocycles. The fourth-order valence-corrected chi connectivity index (χ4v) is 8.87. The van der Waals surface area contributed by atoms with Crippen LogP contribution in [0.3, 0.4) is 0 Å². The van der Waals surface area contributed by atoms with Gasteiger partial charge in [0.1, 0.15) is 6.04 Å². The summed E-state index contributed by atoms with van der Waals surface area (Å²) in [6.07, 6.45) is 0.750. The smallest absolute Gasteiger partial charge is 0.248 e. The van der Waals surface area contributed by atoms with Crippen molar-refractivity contribution in [1.82, 2.24) is 10.2 Å². The number of nitrogens with zero attached hydrogens (tertiary/aromatic N) is 1. The van der Waals surface area contributed by atoms with Gasteiger partial charge < -0.3 is 20.6 Å². The van der Waals surface area contributed by atoms with Gasteiger partial charge in [0.25, 0.3) is 0 Å². The van der Waals surface area contributed by atoms with Crippen molar-refractivity contribution in [2.24, 2.45) is 17.8 Å². The zero-order valence-electron chi connectivity index (χ0n) is 19.5. The highest BCUT2D eigenvalue weighted by molar-refractivity contribution is 8.02. The molecule has 3 unspecified atom stereocenters. The molecule has 2 aromatic carbocycles. The molecule has 2 bridgehead atoms. The van der Waals surface area contributed by atoms with Crippen molar-refractivity contribution in [3.8, 4) is 0 Å². The van der Waals surface area contributed by atoms with Crippen LogP contribution in [-0.2, 0) is 14.4 Å². The Balaban J connectivity index is 1.62. The lowest BCUT2D eigenvalue weighted by Crippen LogP contribution is -2.55. The molecule has 2 aromatic rings. The number of thioether (sulfide) groups is 1. The van der Waals surface area contributed by atoms with E-state index >= 15 is 0 Å². The van der Waals surface area contributed by atoms with E-state index in [1.165, 1.54) is 0 Å². The number of anilines is 1. The Bertz CT molecular complexity index is 1150. The molecular formula is C26H28ClN3O4S. The van der Waals surface area contributed by atoms with Gasteiger partial charge in [-0.25, -0.2) is 0 Å². The fraction of sp³-hybridized carbons (Fsp3) is 0.423. The summed E-state index contributed by atoms with van der Waals surface area (Å²) in [4.78, 5) is 42.6. The van der Waals surface area contributed by atoms with Crippen LogP contribution in [0.2, 0.25) is 5.02 Å². The molecule has 9 heteroatoms. The van der Waals surface area contributed by atoms with Gasteiger partial charge in [0.15, 0.2) is 0 Å². The summed E-state index contributed by atoms with van der Waals surface area (Å²) in [7, 11) is 1.58. The second-order valence-corrected chi connectivity index (χ2v) is 11.5. The van der Waals surface area contributed by atoms with Crippen molar-refractivity contribution in [2.75, 3.05) is 19.0 Å². The van der Waals surface area contributed by atoms with Gasteiger partial charge in [-0.05, 0) is 42.2 Å². The monoisotopic (exact) mass is 513 g/mol. The molecule has 0 aliphatic carbocycles. The van der Waals surface area contributed by atoms with Gasteiger partial charge in [-0.2, -0.15) is 0 Å². The first kappa shape index (κ1) is 24.2. The molecule has 184 valence electrons. The van der Waals surface area contributed by atoms with Crippen LogP contribution in [-0.4, -0.2) is 57.4 Å². The maximum Gasteiger partial charge on any atom is 0.248 e. The number of likely N-dealkylation sites (tertiary alicyclic amines) is 1. The lowest BCUT2D eigenvalue weighted by molar-refractivity contribution is -0.142. The minimum atomic E-state index is -0.854. The number of aliphatic hydroxyl groups is 1. The topological polar surface area (TPSA) is 98.7 Å². The molecule has 3 amide bonds. The van der Waals surface area contributed by atoms with Gasteiger partial charge in [-0.3, -0.25) is 14.4 Å². The number of benzene rings is 2. The molecule has 3 aliphatic heterocycles. The molecule has 3 fully saturated rings. The van der Waals surface area contributed by atoms with E-state index in [1.54, 1.807) is 48.0 Å². The van der Waals surface area contributed by atoms with E-state index in [-0.39, 0.29) is 35.5 Å². The number of hydrogen-bond acceptors (Lipinski definition) is 5. The van der Waals surface area contributed by atoms with Gasteiger partial charge >= 0.3 is 0 Å². The van der Waals surface area contributed by atoms with Crippen molar-refractivity contribution in [1.29, 1.82) is 0 Å². The number of hydrogen-bond donors (Lipinski definition) is 3. The minimum Gasteiger partial charge on any atom is -0.394 e. The average molecular weight is 514 g/mol. The molecule has 7 atom stereocenters. The summed E-state index contributed by atoms with van der Waals surface area (Å²) in [5.41, 5.74) is 1.31. The predicted molar refractivity (Wildman–Crippen MR) is 136 cm³/mol. The number of rotatable bonds is 6. The van der Waals surface area contributed by atoms with Crippen molar-refractivity contribution in [3.63, 3.8) is 0 Å². The Morgan fingerprint density at radius 2 is 1.86 bits per heavy atom. The van der Waals surface area contributed by atoms with Crippen LogP contribution in [0.25, 0.3) is 0 Å². The van der Waals surface area contributed by atoms with Crippen molar-refractivity contribution in [2.45, 2.75) is 35.4 Å². The first-order chi connectivity index (χ1) is 16.8. The van der Waals surface area contributed by atoms with Crippen LogP contribution in [0.5, 0.6) is 0 Å². The zero-order chi connectivity index (χ0) is 24.9. The second-order valence-electron chi connectivity index (χ2n) is 9.52. The predicted octanol–water partition coefficient (Wildman–Crippen LogP) is 3.10. The molecule has 1 spiro atoms. The highest BCUT2D eigenvalue weighted by Crippen LogP contribution is 2.69. The van der Waals surface area contributed by atoms with Gasteiger partial charge in [-0.15, -0.1) is 11.8 Å². The summed E-state index contributed by atoms with van der Waals surface area (Å²) >= 11 is 7.62. The molecule has 3 heterocycles. The maximum absolute atomic E-state index is 14.2. The van der Waals surface area contributed by atoms with Gasteiger partial charge in [0.2, 0.25) is 17.7 Å². The molecule has 5 rings (SSSR count). The van der Waals surface area contributed by atoms with Crippen LogP contribution < -0.4 is 10.6 Å². The van der Waals surface area contributed by atoms with Crippen LogP contribution in [0.15, 0.2) is 54.6 Å². The summed E-state index contributed by atoms with van der Waals surface area (Å²) in [6, 6.07) is 14.5. The van der Waals surface area contributed by atoms with E-state index < -0.39 is 28.7 Å². The highest BCUT2D eigenvalue weighted by atomic mass is 35.5. The summed E-state index contributed by atoms with van der Waals surface area (Å²) in [6.45, 7) is 1.73. The first-order valence-electron chi connectivity index (χ1n) is 11.8. The molecule has 3 saturated heterocycles. The Morgan fingerprint density at radius 3 is 2.49 bits per heavy atom. The highest BCUT2D eigenvalue weighted by Gasteiger charge is 2.76. The molecule has 3 aliphatic rings. The number of fused-ring (bicyclic) bond motifs is 1. The second kappa shape index (κ2) is 9.15. The Labute approximate surface area is 213 Å². The van der Waals surface area contributed by atoms with Crippen molar-refractivity contribution >= 4 is 46.8 Å². The van der Waals surface area contributed by atoms with E-state index in [4.69, 9.17) is 11.6 Å². The Kier molecular flexibility index (Phi) is 6.32. The van der Waals surface area contributed by atoms with Crippen LogP contribution in [0, 0.1) is 17.8 Å². The molecule has 3 N–H and O–H groups in total. The Morgan fingerprint density at radius 1 is 1.17 bits per heavy atom. The van der Waals surface area contributed by atoms with E-state index in [0.717, 1.165) is 12.0 Å². The third-order valence-corrected chi connectivity index (χ3v) is 10.1. The average Bonchev–Trinajstić information content (AvgIpc) is 3.45. The molecule has 7 nitrogen and oxygen atoms in total. The lowest BCUT2D eigenvalue weighted by atomic mass is 9.66. The van der Waals surface area contributed by atoms with Crippen molar-refractivity contribution < 1.29 is 19.5 Å². The van der Waals surface area contributed by atoms with E-state index in [1.807, 2.05) is 30.3 Å². The molecular weight excluding hydrogens is 486 g/mol. The summed E-state index contributed by atoms with van der Waals surface area (Å²) in [5, 5.41) is 16.7. The first-order valence-corrected chi connectivity index (χ1v) is 13.0. The third-order valence-electron chi connectivity index (χ3n) is 7.79. The standard InChI is InChI=1S/C26H28ClN3O4S/c1-14-12-19-20(23(32)28-2)21-25(34)30(18(13-31)15-6-4-3-5-7-15)22(26(14,21)35-19)24(33)29-17-10-8-16(27)9-11-17/h3-11,14,18-22,31H,12-13H2,1-2H3,(H,28,32)(H,29,33)/t14?,18-,19-,20+,21+,22?,26?/m1/s1. The molecule has 0 saturated carbocycles. The largest absolute Gasteiger partial charge is 0.394 e. The van der Waals surface area contributed by atoms with E-state index in [9.17, 15) is 19.5 Å². The maximum atomic E-state index is 14.2. The number of carbonyl (C=O) groups is 3. The van der Waals surface area contributed by atoms with Crippen molar-refractivity contribution in [3.05, 3.63) is 65.2 Å². The number of halogens is 1. The lowest BCUT2D eigenvalue weighted by Gasteiger charge is -2.40.